The van der Waals surface area contributed by atoms with Crippen molar-refractivity contribution in [1.82, 2.24) is 9.88 Å². The summed E-state index contributed by atoms with van der Waals surface area (Å²) in [7, 11) is 3.15. The molecule has 0 amide bonds. The molecule has 2 N–H and O–H groups in total. The molecule has 1 aromatic carbocycles. The topological polar surface area (TPSA) is 74.8 Å². The summed E-state index contributed by atoms with van der Waals surface area (Å²) in [6.45, 7) is 2.01. The number of aliphatic hydroxyl groups excluding tert-OH is 1. The Hall–Kier alpha value is -2.05. The number of aromatic nitrogens is 1. The van der Waals surface area contributed by atoms with Gasteiger partial charge in [0, 0.05) is 29.7 Å². The first-order chi connectivity index (χ1) is 13.6. The van der Waals surface area contributed by atoms with Crippen LogP contribution in [0.15, 0.2) is 18.2 Å². The number of hydrogen-bond acceptors (Lipinski definition) is 5. The Balaban J connectivity index is 1.54. The molecule has 5 atom stereocenters. The lowest BCUT2D eigenvalue weighted by atomic mass is 9.65. The van der Waals surface area contributed by atoms with Crippen molar-refractivity contribution in [2.75, 3.05) is 27.3 Å². The Bertz CT molecular complexity index is 907. The van der Waals surface area contributed by atoms with Crippen LogP contribution in [-0.2, 0) is 16.0 Å². The van der Waals surface area contributed by atoms with Crippen LogP contribution in [0.4, 0.5) is 0 Å². The maximum atomic E-state index is 12.4. The molecule has 5 rings (SSSR count). The van der Waals surface area contributed by atoms with E-state index in [0.717, 1.165) is 43.6 Å². The van der Waals surface area contributed by atoms with Crippen molar-refractivity contribution < 1.29 is 19.4 Å². The van der Waals surface area contributed by atoms with Crippen LogP contribution >= 0.6 is 0 Å². The molecule has 3 heterocycles. The van der Waals surface area contributed by atoms with Gasteiger partial charge in [-0.25, -0.2) is 0 Å². The van der Waals surface area contributed by atoms with Crippen LogP contribution < -0.4 is 4.74 Å². The second kappa shape index (κ2) is 6.78. The Morgan fingerprint density at radius 2 is 2.14 bits per heavy atom. The molecule has 1 saturated carbocycles. The third-order valence-corrected chi connectivity index (χ3v) is 7.32. The summed E-state index contributed by atoms with van der Waals surface area (Å²) < 4.78 is 10.7. The quantitative estimate of drug-likeness (QED) is 0.779. The Morgan fingerprint density at radius 3 is 2.93 bits per heavy atom. The zero-order chi connectivity index (χ0) is 19.4. The lowest BCUT2D eigenvalue weighted by Gasteiger charge is -2.50. The van der Waals surface area contributed by atoms with Gasteiger partial charge in [0.25, 0.3) is 0 Å². The van der Waals surface area contributed by atoms with Crippen LogP contribution in [-0.4, -0.2) is 54.4 Å². The highest BCUT2D eigenvalue weighted by molar-refractivity contribution is 5.91. The van der Waals surface area contributed by atoms with Gasteiger partial charge in [-0.3, -0.25) is 9.69 Å². The number of fused-ring (bicyclic) bond motifs is 6. The van der Waals surface area contributed by atoms with Crippen LogP contribution in [0.1, 0.15) is 36.6 Å². The monoisotopic (exact) mass is 384 g/mol. The van der Waals surface area contributed by atoms with Crippen molar-refractivity contribution in [2.45, 2.75) is 37.8 Å². The number of aromatic amines is 1. The molecule has 0 bridgehead atoms. The second-order valence-electron chi connectivity index (χ2n) is 8.51. The summed E-state index contributed by atoms with van der Waals surface area (Å²) in [5.41, 5.74) is 3.72. The SMILES string of the molecule is COC(=O)[C@H]1[C@H]2C[C@H]3c4[nH]c5cccc(OC)c5c4CCN3C[C@H]2CC[C@H]1O. The van der Waals surface area contributed by atoms with E-state index in [1.165, 1.54) is 23.8 Å². The van der Waals surface area contributed by atoms with Crippen molar-refractivity contribution in [1.29, 1.82) is 0 Å². The molecule has 1 saturated heterocycles. The van der Waals surface area contributed by atoms with Gasteiger partial charge in [0.2, 0.25) is 0 Å². The van der Waals surface area contributed by atoms with Crippen molar-refractivity contribution in [3.8, 4) is 5.75 Å². The molecule has 3 aliphatic rings. The highest BCUT2D eigenvalue weighted by atomic mass is 16.5. The van der Waals surface area contributed by atoms with Gasteiger partial charge in [-0.05, 0) is 55.2 Å². The van der Waals surface area contributed by atoms with E-state index in [-0.39, 0.29) is 17.9 Å². The summed E-state index contributed by atoms with van der Waals surface area (Å²) >= 11 is 0. The normalized spacial score (nSPS) is 32.3. The molecule has 6 nitrogen and oxygen atoms in total. The molecule has 2 aliphatic heterocycles. The first-order valence-electron chi connectivity index (χ1n) is 10.3. The predicted molar refractivity (Wildman–Crippen MR) is 105 cm³/mol. The molecule has 150 valence electrons. The van der Waals surface area contributed by atoms with Crippen molar-refractivity contribution in [3.05, 3.63) is 29.5 Å². The number of nitrogens with one attached hydrogen (secondary N) is 1. The molecule has 0 radical (unpaired) electrons. The number of esters is 1. The number of piperidine rings is 1. The van der Waals surface area contributed by atoms with Gasteiger partial charge in [0.05, 0.1) is 32.3 Å². The number of aliphatic hydroxyl groups is 1. The van der Waals surface area contributed by atoms with E-state index >= 15 is 0 Å². The number of hydrogen-bond donors (Lipinski definition) is 2. The molecule has 1 aromatic heterocycles. The lowest BCUT2D eigenvalue weighted by molar-refractivity contribution is -0.160. The minimum absolute atomic E-state index is 0.164. The third-order valence-electron chi connectivity index (χ3n) is 7.32. The van der Waals surface area contributed by atoms with Gasteiger partial charge < -0.3 is 19.6 Å². The standard InChI is InChI=1S/C22H28N2O4/c1-27-18-5-3-4-15-19(18)13-8-9-24-11-12-6-7-17(25)20(22(26)28-2)14(12)10-16(24)21(13)23-15/h3-5,12,14,16-17,20,23,25H,6-11H2,1-2H3/t12-,14+,16+,17-,20+/m1/s1. The largest absolute Gasteiger partial charge is 0.496 e. The molecule has 2 aromatic rings. The summed E-state index contributed by atoms with van der Waals surface area (Å²) in [5, 5.41) is 11.7. The smallest absolute Gasteiger partial charge is 0.311 e. The molecule has 6 heteroatoms. The van der Waals surface area contributed by atoms with Crippen molar-refractivity contribution in [2.24, 2.45) is 17.8 Å². The van der Waals surface area contributed by atoms with E-state index < -0.39 is 12.0 Å². The van der Waals surface area contributed by atoms with E-state index in [0.29, 0.717) is 12.3 Å². The molecular weight excluding hydrogens is 356 g/mol. The third kappa shape index (κ3) is 2.58. The minimum atomic E-state index is -0.592. The number of ether oxygens (including phenoxy) is 2. The summed E-state index contributed by atoms with van der Waals surface area (Å²) in [6.07, 6.45) is 2.96. The molecule has 2 fully saturated rings. The number of benzene rings is 1. The van der Waals surface area contributed by atoms with E-state index in [2.05, 4.69) is 16.0 Å². The van der Waals surface area contributed by atoms with E-state index in [9.17, 15) is 9.90 Å². The van der Waals surface area contributed by atoms with Gasteiger partial charge in [-0.1, -0.05) is 6.07 Å². The average molecular weight is 384 g/mol. The summed E-state index contributed by atoms with van der Waals surface area (Å²) in [4.78, 5) is 18.7. The minimum Gasteiger partial charge on any atom is -0.496 e. The van der Waals surface area contributed by atoms with E-state index in [4.69, 9.17) is 9.47 Å². The van der Waals surface area contributed by atoms with Gasteiger partial charge in [0.1, 0.15) is 5.75 Å². The number of rotatable bonds is 2. The summed E-state index contributed by atoms with van der Waals surface area (Å²) in [5.74, 6) is 0.860. The average Bonchev–Trinajstić information content (AvgIpc) is 3.11. The Labute approximate surface area is 164 Å². The first-order valence-corrected chi connectivity index (χ1v) is 10.3. The van der Waals surface area contributed by atoms with Crippen LogP contribution in [0.25, 0.3) is 10.9 Å². The number of methoxy groups -OCH3 is 2. The van der Waals surface area contributed by atoms with Crippen LogP contribution in [0.2, 0.25) is 0 Å². The van der Waals surface area contributed by atoms with E-state index in [1.807, 2.05) is 12.1 Å². The first kappa shape index (κ1) is 18.0. The molecule has 0 spiro atoms. The van der Waals surface area contributed by atoms with Crippen LogP contribution in [0.5, 0.6) is 5.75 Å². The van der Waals surface area contributed by atoms with Gasteiger partial charge >= 0.3 is 5.97 Å². The number of nitrogens with zero attached hydrogens (tertiary/aromatic N) is 1. The zero-order valence-corrected chi connectivity index (χ0v) is 16.5. The Kier molecular flexibility index (Phi) is 4.36. The maximum absolute atomic E-state index is 12.4. The molecule has 0 unspecified atom stereocenters. The van der Waals surface area contributed by atoms with Crippen molar-refractivity contribution >= 4 is 16.9 Å². The molecule has 1 aliphatic carbocycles. The van der Waals surface area contributed by atoms with Gasteiger partial charge in [-0.2, -0.15) is 0 Å². The Morgan fingerprint density at radius 1 is 1.29 bits per heavy atom. The number of H-pyrrole nitrogens is 1. The fourth-order valence-corrected chi connectivity index (χ4v) is 6.04. The predicted octanol–water partition coefficient (Wildman–Crippen LogP) is 2.66. The number of carbonyl (C=O) groups is 1. The summed E-state index contributed by atoms with van der Waals surface area (Å²) in [6, 6.07) is 6.39. The fraction of sp³-hybridized carbons (Fsp3) is 0.591. The molecular formula is C22H28N2O4. The van der Waals surface area contributed by atoms with Gasteiger partial charge in [-0.15, -0.1) is 0 Å². The highest BCUT2D eigenvalue weighted by Gasteiger charge is 2.49. The number of carbonyl (C=O) groups excluding carboxylic acids is 1. The maximum Gasteiger partial charge on any atom is 0.311 e. The van der Waals surface area contributed by atoms with Crippen LogP contribution in [0, 0.1) is 17.8 Å². The second-order valence-corrected chi connectivity index (χ2v) is 8.51. The van der Waals surface area contributed by atoms with Crippen molar-refractivity contribution in [3.63, 3.8) is 0 Å². The fourth-order valence-electron chi connectivity index (χ4n) is 6.04. The lowest BCUT2D eigenvalue weighted by Crippen LogP contribution is -2.53. The van der Waals surface area contributed by atoms with Crippen LogP contribution in [0.3, 0.4) is 0 Å². The van der Waals surface area contributed by atoms with E-state index in [1.54, 1.807) is 7.11 Å². The highest BCUT2D eigenvalue weighted by Crippen LogP contribution is 2.50. The zero-order valence-electron chi connectivity index (χ0n) is 16.5. The van der Waals surface area contributed by atoms with Gasteiger partial charge in [0.15, 0.2) is 0 Å². The molecule has 28 heavy (non-hydrogen) atoms.